The number of sulfonamides is 1. The van der Waals surface area contributed by atoms with E-state index in [2.05, 4.69) is 4.98 Å². The van der Waals surface area contributed by atoms with Gasteiger partial charge in [-0.2, -0.15) is 4.31 Å². The van der Waals surface area contributed by atoms with E-state index in [1.54, 1.807) is 13.2 Å². The quantitative estimate of drug-likeness (QED) is 0.915. The van der Waals surface area contributed by atoms with Gasteiger partial charge < -0.3 is 9.15 Å². The number of rotatable bonds is 3. The number of methoxy groups -OCH3 is 1. The van der Waals surface area contributed by atoms with Crippen LogP contribution in [0.3, 0.4) is 0 Å². The van der Waals surface area contributed by atoms with Gasteiger partial charge in [0.25, 0.3) is 0 Å². The lowest BCUT2D eigenvalue weighted by Gasteiger charge is -2.42. The highest BCUT2D eigenvalue weighted by atomic mass is 32.2. The van der Waals surface area contributed by atoms with Crippen LogP contribution in [0.5, 0.6) is 0 Å². The van der Waals surface area contributed by atoms with Crippen LogP contribution in [0.25, 0.3) is 11.1 Å². The van der Waals surface area contributed by atoms with E-state index >= 15 is 0 Å². The molecule has 2 aromatic rings. The molecule has 1 atom stereocenters. The summed E-state index contributed by atoms with van der Waals surface area (Å²) >= 11 is 0. The molecule has 1 N–H and O–H groups in total. The first-order chi connectivity index (χ1) is 10.7. The second-order valence-corrected chi connectivity index (χ2v) is 8.45. The lowest BCUT2D eigenvalue weighted by atomic mass is 9.82. The zero-order chi connectivity index (χ0) is 16.8. The van der Waals surface area contributed by atoms with Crippen molar-refractivity contribution in [3.63, 3.8) is 0 Å². The molecule has 126 valence electrons. The van der Waals surface area contributed by atoms with Crippen molar-refractivity contribution in [1.29, 1.82) is 0 Å². The van der Waals surface area contributed by atoms with Crippen LogP contribution in [0.1, 0.15) is 20.3 Å². The van der Waals surface area contributed by atoms with Crippen molar-refractivity contribution < 1.29 is 17.6 Å². The maximum atomic E-state index is 12.9. The highest BCUT2D eigenvalue weighted by molar-refractivity contribution is 7.89. The number of hydrogen-bond donors (Lipinski definition) is 1. The highest BCUT2D eigenvalue weighted by Gasteiger charge is 2.40. The normalized spacial score (nSPS) is 22.5. The van der Waals surface area contributed by atoms with E-state index in [0.717, 1.165) is 0 Å². The van der Waals surface area contributed by atoms with Gasteiger partial charge in [0.05, 0.1) is 16.5 Å². The number of fused-ring (bicyclic) bond motifs is 1. The number of H-pyrrole nitrogens is 1. The fourth-order valence-corrected chi connectivity index (χ4v) is 4.81. The van der Waals surface area contributed by atoms with Gasteiger partial charge in [-0.05, 0) is 18.6 Å². The Morgan fingerprint density at radius 1 is 1.39 bits per heavy atom. The zero-order valence-corrected chi connectivity index (χ0v) is 14.1. The van der Waals surface area contributed by atoms with Gasteiger partial charge in [-0.15, -0.1) is 0 Å². The van der Waals surface area contributed by atoms with Crippen LogP contribution in [-0.4, -0.2) is 44.0 Å². The largest absolute Gasteiger partial charge is 0.417 e. The second kappa shape index (κ2) is 5.47. The molecule has 1 saturated heterocycles. The Labute approximate surface area is 134 Å². The zero-order valence-electron chi connectivity index (χ0n) is 13.3. The molecular formula is C15H20N2O5S. The van der Waals surface area contributed by atoms with Gasteiger partial charge in [-0.25, -0.2) is 13.2 Å². The summed E-state index contributed by atoms with van der Waals surface area (Å²) in [6.07, 6.45) is 0.670. The molecule has 0 spiro atoms. The van der Waals surface area contributed by atoms with Crippen LogP contribution in [0, 0.1) is 5.41 Å². The fourth-order valence-electron chi connectivity index (χ4n) is 3.16. The fraction of sp³-hybridized carbons (Fsp3) is 0.533. The maximum Gasteiger partial charge on any atom is 0.417 e. The summed E-state index contributed by atoms with van der Waals surface area (Å²) in [4.78, 5) is 13.8. The van der Waals surface area contributed by atoms with Crippen LogP contribution in [-0.2, 0) is 14.8 Å². The van der Waals surface area contributed by atoms with Crippen molar-refractivity contribution >= 4 is 21.1 Å². The number of ether oxygens (including phenoxy) is 1. The molecular weight excluding hydrogens is 320 g/mol. The van der Waals surface area contributed by atoms with E-state index in [1.165, 1.54) is 16.4 Å². The topological polar surface area (TPSA) is 92.6 Å². The predicted molar refractivity (Wildman–Crippen MR) is 84.8 cm³/mol. The Kier molecular flexibility index (Phi) is 3.86. The molecule has 1 fully saturated rings. The minimum absolute atomic E-state index is 0.0270. The molecule has 0 aliphatic carbocycles. The molecule has 1 unspecified atom stereocenters. The van der Waals surface area contributed by atoms with Crippen LogP contribution < -0.4 is 5.76 Å². The summed E-state index contributed by atoms with van der Waals surface area (Å²) in [6, 6.07) is 4.41. The molecule has 1 aliphatic rings. The number of aromatic nitrogens is 1. The first-order valence-corrected chi connectivity index (χ1v) is 8.84. The third-order valence-electron chi connectivity index (χ3n) is 4.41. The molecule has 1 aromatic heterocycles. The maximum absolute atomic E-state index is 12.9. The lowest BCUT2D eigenvalue weighted by molar-refractivity contribution is -0.0326. The molecule has 0 radical (unpaired) electrons. The average molecular weight is 340 g/mol. The van der Waals surface area contributed by atoms with E-state index in [4.69, 9.17) is 9.15 Å². The summed E-state index contributed by atoms with van der Waals surface area (Å²) in [6.45, 7) is 4.77. The minimum Gasteiger partial charge on any atom is -0.408 e. The van der Waals surface area contributed by atoms with Crippen molar-refractivity contribution in [3.05, 3.63) is 28.7 Å². The summed E-state index contributed by atoms with van der Waals surface area (Å²) in [5.74, 6) is -0.600. The van der Waals surface area contributed by atoms with E-state index in [-0.39, 0.29) is 22.0 Å². The number of nitrogens with one attached hydrogen (secondary N) is 1. The number of hydrogen-bond acceptors (Lipinski definition) is 5. The highest BCUT2D eigenvalue weighted by Crippen LogP contribution is 2.34. The van der Waals surface area contributed by atoms with Gasteiger partial charge in [0, 0.05) is 31.7 Å². The lowest BCUT2D eigenvalue weighted by Crippen LogP contribution is -2.51. The Morgan fingerprint density at radius 2 is 2.13 bits per heavy atom. The summed E-state index contributed by atoms with van der Waals surface area (Å²) in [7, 11) is -1.99. The molecule has 1 aromatic carbocycles. The summed E-state index contributed by atoms with van der Waals surface area (Å²) in [5.41, 5.74) is 0.444. The second-order valence-electron chi connectivity index (χ2n) is 6.51. The van der Waals surface area contributed by atoms with Crippen LogP contribution in [0.15, 0.2) is 32.3 Å². The van der Waals surface area contributed by atoms with E-state index < -0.39 is 15.8 Å². The van der Waals surface area contributed by atoms with Crippen molar-refractivity contribution in [2.45, 2.75) is 31.3 Å². The summed E-state index contributed by atoms with van der Waals surface area (Å²) in [5, 5.41) is 0. The smallest absolute Gasteiger partial charge is 0.408 e. The number of benzene rings is 1. The molecule has 0 saturated carbocycles. The Balaban J connectivity index is 1.95. The number of oxazole rings is 1. The van der Waals surface area contributed by atoms with Gasteiger partial charge in [0.15, 0.2) is 5.58 Å². The van der Waals surface area contributed by atoms with Gasteiger partial charge in [0.1, 0.15) is 0 Å². The van der Waals surface area contributed by atoms with Crippen molar-refractivity contribution in [3.8, 4) is 0 Å². The average Bonchev–Trinajstić information content (AvgIpc) is 2.85. The van der Waals surface area contributed by atoms with Gasteiger partial charge >= 0.3 is 5.76 Å². The predicted octanol–water partition coefficient (Wildman–Crippen LogP) is 1.56. The molecule has 1 aliphatic heterocycles. The third-order valence-corrected chi connectivity index (χ3v) is 6.25. The minimum atomic E-state index is -3.65. The van der Waals surface area contributed by atoms with E-state index in [1.807, 2.05) is 13.8 Å². The Hall–Kier alpha value is -1.64. The molecule has 3 rings (SSSR count). The SMILES string of the molecule is COC1CCN(S(=O)(=O)c2ccc3[nH]c(=O)oc3c2)CC1(C)C. The van der Waals surface area contributed by atoms with E-state index in [0.29, 0.717) is 25.0 Å². The molecule has 23 heavy (non-hydrogen) atoms. The van der Waals surface area contributed by atoms with E-state index in [9.17, 15) is 13.2 Å². The third kappa shape index (κ3) is 2.82. The summed E-state index contributed by atoms with van der Waals surface area (Å²) < 4.78 is 37.6. The molecule has 0 bridgehead atoms. The van der Waals surface area contributed by atoms with Crippen molar-refractivity contribution in [2.24, 2.45) is 5.41 Å². The number of aromatic amines is 1. The first kappa shape index (κ1) is 16.2. The van der Waals surface area contributed by atoms with Gasteiger partial charge in [0.2, 0.25) is 10.0 Å². The van der Waals surface area contributed by atoms with Crippen LogP contribution >= 0.6 is 0 Å². The van der Waals surface area contributed by atoms with Crippen molar-refractivity contribution in [2.75, 3.05) is 20.2 Å². The molecule has 8 heteroatoms. The Bertz CT molecular complexity index is 881. The molecule has 7 nitrogen and oxygen atoms in total. The van der Waals surface area contributed by atoms with Crippen LogP contribution in [0.4, 0.5) is 0 Å². The standard InChI is InChI=1S/C15H20N2O5S/c1-15(2)9-17(7-6-13(15)21-3)23(19,20)10-4-5-11-12(8-10)22-14(18)16-11/h4-5,8,13H,6-7,9H2,1-3H3,(H,16,18). The number of piperidine rings is 1. The van der Waals surface area contributed by atoms with Crippen LogP contribution in [0.2, 0.25) is 0 Å². The molecule has 0 amide bonds. The van der Waals surface area contributed by atoms with Gasteiger partial charge in [-0.3, -0.25) is 4.98 Å². The van der Waals surface area contributed by atoms with Crippen molar-refractivity contribution in [1.82, 2.24) is 9.29 Å². The Morgan fingerprint density at radius 3 is 2.78 bits per heavy atom. The first-order valence-electron chi connectivity index (χ1n) is 7.40. The molecule has 2 heterocycles. The monoisotopic (exact) mass is 340 g/mol. The van der Waals surface area contributed by atoms with Gasteiger partial charge in [-0.1, -0.05) is 13.8 Å². The number of nitrogens with zero attached hydrogens (tertiary/aromatic N) is 1.